The molecule has 28 heavy (non-hydrogen) atoms. The van der Waals surface area contributed by atoms with E-state index in [-0.39, 0.29) is 21.5 Å². The lowest BCUT2D eigenvalue weighted by molar-refractivity contribution is -0.123. The van der Waals surface area contributed by atoms with Crippen molar-refractivity contribution in [2.45, 2.75) is 43.0 Å². The van der Waals surface area contributed by atoms with Gasteiger partial charge >= 0.3 is 12.0 Å². The van der Waals surface area contributed by atoms with Gasteiger partial charge in [0.05, 0.1) is 15.5 Å². The van der Waals surface area contributed by atoms with Crippen LogP contribution in [0.15, 0.2) is 23.1 Å². The second-order valence-electron chi connectivity index (χ2n) is 6.28. The van der Waals surface area contributed by atoms with Gasteiger partial charge in [0.15, 0.2) is 6.61 Å². The molecule has 1 aliphatic rings. The molecule has 0 atom stereocenters. The van der Waals surface area contributed by atoms with Crippen molar-refractivity contribution in [3.63, 3.8) is 0 Å². The van der Waals surface area contributed by atoms with Crippen LogP contribution in [0.5, 0.6) is 0 Å². The van der Waals surface area contributed by atoms with E-state index in [1.54, 1.807) is 0 Å². The van der Waals surface area contributed by atoms with Gasteiger partial charge in [-0.05, 0) is 38.1 Å². The van der Waals surface area contributed by atoms with E-state index in [9.17, 15) is 22.8 Å². The number of imide groups is 1. The van der Waals surface area contributed by atoms with Gasteiger partial charge in [0.25, 0.3) is 5.91 Å². The van der Waals surface area contributed by atoms with Crippen molar-refractivity contribution >= 4 is 39.5 Å². The first-order valence-corrected chi connectivity index (χ1v) is 10.6. The van der Waals surface area contributed by atoms with E-state index in [1.165, 1.54) is 19.2 Å². The van der Waals surface area contributed by atoms with Gasteiger partial charge in [-0.1, -0.05) is 30.9 Å². The third-order valence-corrected chi connectivity index (χ3v) is 6.01. The first-order valence-electron chi connectivity index (χ1n) is 8.73. The lowest BCUT2D eigenvalue weighted by Gasteiger charge is -2.22. The average molecular weight is 432 g/mol. The van der Waals surface area contributed by atoms with Gasteiger partial charge in [0.1, 0.15) is 0 Å². The number of amides is 3. The van der Waals surface area contributed by atoms with Gasteiger partial charge in [0, 0.05) is 6.04 Å². The average Bonchev–Trinajstić information content (AvgIpc) is 2.67. The van der Waals surface area contributed by atoms with Crippen molar-refractivity contribution in [3.05, 3.63) is 28.8 Å². The van der Waals surface area contributed by atoms with Gasteiger partial charge in [-0.15, -0.1) is 0 Å². The first-order chi connectivity index (χ1) is 13.2. The second-order valence-corrected chi connectivity index (χ2v) is 8.58. The Labute approximate surface area is 168 Å². The molecule has 1 aromatic carbocycles. The number of carbonyl (C=O) groups excluding carboxylic acids is 3. The molecule has 0 radical (unpaired) electrons. The van der Waals surface area contributed by atoms with Gasteiger partial charge < -0.3 is 10.1 Å². The van der Waals surface area contributed by atoms with Crippen LogP contribution in [0.2, 0.25) is 5.02 Å². The van der Waals surface area contributed by atoms with Crippen LogP contribution >= 0.6 is 11.6 Å². The Morgan fingerprint density at radius 1 is 1.18 bits per heavy atom. The number of nitrogens with one attached hydrogen (secondary N) is 3. The van der Waals surface area contributed by atoms with Crippen molar-refractivity contribution in [3.8, 4) is 0 Å². The Bertz CT molecular complexity index is 852. The summed E-state index contributed by atoms with van der Waals surface area (Å²) >= 11 is 5.91. The normalized spacial score (nSPS) is 14.9. The number of hydrogen-bond donors (Lipinski definition) is 3. The summed E-state index contributed by atoms with van der Waals surface area (Å²) in [5.41, 5.74) is -0.211. The molecule has 0 bridgehead atoms. The summed E-state index contributed by atoms with van der Waals surface area (Å²) in [4.78, 5) is 35.6. The number of urea groups is 1. The molecule has 0 spiro atoms. The van der Waals surface area contributed by atoms with Crippen molar-refractivity contribution in [2.24, 2.45) is 0 Å². The fourth-order valence-corrected chi connectivity index (χ4v) is 3.74. The topological polar surface area (TPSA) is 131 Å². The molecule has 3 amide bonds. The molecule has 0 heterocycles. The summed E-state index contributed by atoms with van der Waals surface area (Å²) in [6.07, 6.45) is 4.91. The quantitative estimate of drug-likeness (QED) is 0.586. The van der Waals surface area contributed by atoms with Crippen LogP contribution in [0.25, 0.3) is 0 Å². The number of benzene rings is 1. The van der Waals surface area contributed by atoms with E-state index in [0.29, 0.717) is 0 Å². The Morgan fingerprint density at radius 3 is 2.50 bits per heavy atom. The van der Waals surface area contributed by atoms with Crippen LogP contribution in [0.1, 0.15) is 42.5 Å². The van der Waals surface area contributed by atoms with Gasteiger partial charge in [0.2, 0.25) is 10.0 Å². The van der Waals surface area contributed by atoms with E-state index in [4.69, 9.17) is 16.3 Å². The number of rotatable bonds is 6. The highest BCUT2D eigenvalue weighted by atomic mass is 35.5. The number of carbonyl (C=O) groups is 3. The zero-order chi connectivity index (χ0) is 20.7. The summed E-state index contributed by atoms with van der Waals surface area (Å²) in [6.45, 7) is -0.712. The van der Waals surface area contributed by atoms with Crippen LogP contribution in [0.4, 0.5) is 4.79 Å². The molecule has 2 rings (SSSR count). The van der Waals surface area contributed by atoms with E-state index >= 15 is 0 Å². The molecule has 1 aromatic rings. The fourth-order valence-electron chi connectivity index (χ4n) is 2.79. The maximum atomic E-state index is 12.1. The molecule has 1 aliphatic carbocycles. The van der Waals surface area contributed by atoms with Crippen LogP contribution in [0.3, 0.4) is 0 Å². The van der Waals surface area contributed by atoms with Gasteiger partial charge in [-0.3, -0.25) is 10.1 Å². The molecule has 0 aliphatic heterocycles. The summed E-state index contributed by atoms with van der Waals surface area (Å²) in [7, 11) is -2.55. The third-order valence-electron chi connectivity index (χ3n) is 4.26. The molecular weight excluding hydrogens is 410 g/mol. The molecule has 1 fully saturated rings. The number of esters is 1. The van der Waals surface area contributed by atoms with Crippen molar-refractivity contribution in [1.82, 2.24) is 15.4 Å². The molecule has 1 saturated carbocycles. The van der Waals surface area contributed by atoms with Crippen molar-refractivity contribution in [1.29, 1.82) is 0 Å². The Kier molecular flexibility index (Phi) is 7.78. The minimum Gasteiger partial charge on any atom is -0.452 e. The standard InChI is InChI=1S/C17H22ClN3O6S/c1-19-28(25,26)12-7-8-14(18)13(9-12)16(23)27-10-15(22)21-17(24)20-11-5-3-2-4-6-11/h7-9,11,19H,2-6,10H2,1H3,(H2,20,21,22,24). The number of sulfonamides is 1. The SMILES string of the molecule is CNS(=O)(=O)c1ccc(Cl)c(C(=O)OCC(=O)NC(=O)NC2CCCCC2)c1. The smallest absolute Gasteiger partial charge is 0.340 e. The predicted molar refractivity (Wildman–Crippen MR) is 102 cm³/mol. The molecule has 0 unspecified atom stereocenters. The summed E-state index contributed by atoms with van der Waals surface area (Å²) in [5.74, 6) is -1.79. The third kappa shape index (κ3) is 6.18. The zero-order valence-electron chi connectivity index (χ0n) is 15.3. The van der Waals surface area contributed by atoms with Gasteiger partial charge in [-0.25, -0.2) is 22.7 Å². The highest BCUT2D eigenvalue weighted by Crippen LogP contribution is 2.21. The Morgan fingerprint density at radius 2 is 1.86 bits per heavy atom. The first kappa shape index (κ1) is 22.1. The molecule has 11 heteroatoms. The predicted octanol–water partition coefficient (Wildman–Crippen LogP) is 1.56. The summed E-state index contributed by atoms with van der Waals surface area (Å²) in [6, 6.07) is 2.89. The van der Waals surface area contributed by atoms with Crippen LogP contribution in [0, 0.1) is 0 Å². The minimum absolute atomic E-state index is 0.0276. The van der Waals surface area contributed by atoms with Crippen LogP contribution in [-0.4, -0.2) is 46.0 Å². The highest BCUT2D eigenvalue weighted by molar-refractivity contribution is 7.89. The Balaban J connectivity index is 1.90. The molecule has 154 valence electrons. The van der Waals surface area contributed by atoms with E-state index < -0.39 is 34.5 Å². The number of ether oxygens (including phenoxy) is 1. The summed E-state index contributed by atoms with van der Waals surface area (Å²) in [5, 5.41) is 4.76. The Hall–Kier alpha value is -2.17. The fraction of sp³-hybridized carbons (Fsp3) is 0.471. The van der Waals surface area contributed by atoms with Crippen LogP contribution in [-0.2, 0) is 19.6 Å². The van der Waals surface area contributed by atoms with Crippen molar-refractivity contribution < 1.29 is 27.5 Å². The van der Waals surface area contributed by atoms with E-state index in [1.807, 2.05) is 0 Å². The lowest BCUT2D eigenvalue weighted by atomic mass is 9.96. The maximum Gasteiger partial charge on any atom is 0.340 e. The van der Waals surface area contributed by atoms with Gasteiger partial charge in [-0.2, -0.15) is 0 Å². The summed E-state index contributed by atoms with van der Waals surface area (Å²) < 4.78 is 30.6. The largest absolute Gasteiger partial charge is 0.452 e. The minimum atomic E-state index is -3.78. The monoisotopic (exact) mass is 431 g/mol. The molecular formula is C17H22ClN3O6S. The van der Waals surface area contributed by atoms with Crippen LogP contribution < -0.4 is 15.4 Å². The maximum absolute atomic E-state index is 12.1. The molecule has 0 aromatic heterocycles. The number of halogens is 1. The van der Waals surface area contributed by atoms with E-state index in [0.717, 1.165) is 38.2 Å². The number of hydrogen-bond acceptors (Lipinski definition) is 6. The van der Waals surface area contributed by atoms with Crippen molar-refractivity contribution in [2.75, 3.05) is 13.7 Å². The zero-order valence-corrected chi connectivity index (χ0v) is 16.9. The van der Waals surface area contributed by atoms with E-state index in [2.05, 4.69) is 15.4 Å². The highest BCUT2D eigenvalue weighted by Gasteiger charge is 2.20. The molecule has 0 saturated heterocycles. The molecule has 3 N–H and O–H groups in total. The lowest BCUT2D eigenvalue weighted by Crippen LogP contribution is -2.46. The molecule has 9 nitrogen and oxygen atoms in total. The second kappa shape index (κ2) is 9.85.